The predicted octanol–water partition coefficient (Wildman–Crippen LogP) is 3.82. The van der Waals surface area contributed by atoms with Crippen LogP contribution >= 0.6 is 11.3 Å². The molecule has 0 fully saturated rings. The Hall–Kier alpha value is -3.19. The van der Waals surface area contributed by atoms with Gasteiger partial charge in [0, 0.05) is 10.4 Å². The quantitative estimate of drug-likeness (QED) is 0.490. The van der Waals surface area contributed by atoms with Crippen LogP contribution in [0.1, 0.15) is 26.6 Å². The molecule has 0 aliphatic carbocycles. The zero-order valence-electron chi connectivity index (χ0n) is 14.6. The van der Waals surface area contributed by atoms with E-state index in [-0.39, 0.29) is 5.91 Å². The standard InChI is InChI=1S/C20H18N4O2S/c25-20(17-7-5-16(6-8-17)11-24-15-21-14-22-24)23(12-18-3-1-9-26-18)13-19-4-2-10-27-19/h1-10,14-15H,11-13H2. The molecule has 4 rings (SSSR count). The van der Waals surface area contributed by atoms with Crippen molar-refractivity contribution < 1.29 is 9.21 Å². The first kappa shape index (κ1) is 17.2. The molecule has 0 aliphatic heterocycles. The Labute approximate surface area is 160 Å². The summed E-state index contributed by atoms with van der Waals surface area (Å²) in [6.07, 6.45) is 4.81. The van der Waals surface area contributed by atoms with Gasteiger partial charge >= 0.3 is 0 Å². The van der Waals surface area contributed by atoms with Gasteiger partial charge in [-0.1, -0.05) is 18.2 Å². The molecule has 0 saturated carbocycles. The summed E-state index contributed by atoms with van der Waals surface area (Å²) < 4.78 is 7.19. The van der Waals surface area contributed by atoms with Crippen LogP contribution in [0.4, 0.5) is 0 Å². The normalized spacial score (nSPS) is 10.8. The summed E-state index contributed by atoms with van der Waals surface area (Å²) in [4.78, 5) is 20.0. The van der Waals surface area contributed by atoms with Crippen molar-refractivity contribution in [3.05, 3.63) is 94.6 Å². The van der Waals surface area contributed by atoms with Crippen molar-refractivity contribution in [2.45, 2.75) is 19.6 Å². The van der Waals surface area contributed by atoms with Gasteiger partial charge in [0.2, 0.25) is 0 Å². The molecular weight excluding hydrogens is 360 g/mol. The fourth-order valence-corrected chi connectivity index (χ4v) is 3.54. The second-order valence-corrected chi connectivity index (χ2v) is 7.14. The van der Waals surface area contributed by atoms with Crippen molar-refractivity contribution in [2.75, 3.05) is 0 Å². The lowest BCUT2D eigenvalue weighted by Crippen LogP contribution is -2.29. The van der Waals surface area contributed by atoms with E-state index in [4.69, 9.17) is 4.42 Å². The molecule has 1 aromatic carbocycles. The first-order valence-electron chi connectivity index (χ1n) is 8.53. The zero-order valence-corrected chi connectivity index (χ0v) is 15.4. The van der Waals surface area contributed by atoms with Gasteiger partial charge in [0.1, 0.15) is 18.4 Å². The molecule has 0 radical (unpaired) electrons. The lowest BCUT2D eigenvalue weighted by Gasteiger charge is -2.21. The molecule has 1 amide bonds. The summed E-state index contributed by atoms with van der Waals surface area (Å²) in [5.74, 6) is 0.745. The number of carbonyl (C=O) groups is 1. The van der Waals surface area contributed by atoms with Gasteiger partial charge in [0.25, 0.3) is 5.91 Å². The number of benzene rings is 1. The molecule has 7 heteroatoms. The second kappa shape index (κ2) is 8.01. The summed E-state index contributed by atoms with van der Waals surface area (Å²) in [5, 5.41) is 6.12. The Morgan fingerprint density at radius 2 is 2.00 bits per heavy atom. The summed E-state index contributed by atoms with van der Waals surface area (Å²) in [7, 11) is 0. The fraction of sp³-hybridized carbons (Fsp3) is 0.150. The molecular formula is C20H18N4O2S. The molecule has 0 bridgehead atoms. The maximum Gasteiger partial charge on any atom is 0.254 e. The number of hydrogen-bond donors (Lipinski definition) is 0. The van der Waals surface area contributed by atoms with Crippen LogP contribution in [0, 0.1) is 0 Å². The fourth-order valence-electron chi connectivity index (χ4n) is 2.82. The van der Waals surface area contributed by atoms with E-state index in [0.717, 1.165) is 16.2 Å². The molecule has 0 saturated heterocycles. The predicted molar refractivity (Wildman–Crippen MR) is 102 cm³/mol. The van der Waals surface area contributed by atoms with E-state index in [9.17, 15) is 4.79 Å². The van der Waals surface area contributed by atoms with Crippen LogP contribution in [0.25, 0.3) is 0 Å². The van der Waals surface area contributed by atoms with E-state index in [1.165, 1.54) is 6.33 Å². The van der Waals surface area contributed by atoms with Gasteiger partial charge in [-0.05, 0) is 41.3 Å². The monoisotopic (exact) mass is 378 g/mol. The first-order valence-corrected chi connectivity index (χ1v) is 9.41. The molecule has 3 aromatic heterocycles. The van der Waals surface area contributed by atoms with Crippen LogP contribution in [0.3, 0.4) is 0 Å². The summed E-state index contributed by atoms with van der Waals surface area (Å²) >= 11 is 1.64. The number of amides is 1. The third kappa shape index (κ3) is 4.32. The minimum Gasteiger partial charge on any atom is -0.467 e. The van der Waals surface area contributed by atoms with Crippen molar-refractivity contribution in [1.29, 1.82) is 0 Å². The summed E-state index contributed by atoms with van der Waals surface area (Å²) in [6, 6.07) is 15.4. The van der Waals surface area contributed by atoms with Gasteiger partial charge in [-0.25, -0.2) is 9.67 Å². The lowest BCUT2D eigenvalue weighted by atomic mass is 10.1. The van der Waals surface area contributed by atoms with Crippen molar-refractivity contribution >= 4 is 17.2 Å². The number of thiophene rings is 1. The SMILES string of the molecule is O=C(c1ccc(Cn2cncn2)cc1)N(Cc1ccco1)Cc1cccs1. The van der Waals surface area contributed by atoms with E-state index < -0.39 is 0 Å². The molecule has 6 nitrogen and oxygen atoms in total. The lowest BCUT2D eigenvalue weighted by molar-refractivity contribution is 0.0719. The number of aromatic nitrogens is 3. The van der Waals surface area contributed by atoms with E-state index in [1.54, 1.807) is 33.5 Å². The smallest absolute Gasteiger partial charge is 0.254 e. The molecule has 0 N–H and O–H groups in total. The number of nitrogens with zero attached hydrogens (tertiary/aromatic N) is 4. The van der Waals surface area contributed by atoms with Gasteiger partial charge in [0.15, 0.2) is 0 Å². The summed E-state index contributed by atoms with van der Waals surface area (Å²) in [5.41, 5.74) is 1.72. The van der Waals surface area contributed by atoms with Crippen molar-refractivity contribution in [1.82, 2.24) is 19.7 Å². The molecule has 136 valence electrons. The molecule has 0 aliphatic rings. The minimum atomic E-state index is -0.0212. The van der Waals surface area contributed by atoms with Crippen molar-refractivity contribution in [2.24, 2.45) is 0 Å². The molecule has 4 aromatic rings. The highest BCUT2D eigenvalue weighted by molar-refractivity contribution is 7.09. The first-order chi connectivity index (χ1) is 13.3. The van der Waals surface area contributed by atoms with E-state index in [0.29, 0.717) is 25.2 Å². The summed E-state index contributed by atoms with van der Waals surface area (Å²) in [6.45, 7) is 1.61. The third-order valence-electron chi connectivity index (χ3n) is 4.15. The maximum atomic E-state index is 13.1. The van der Waals surface area contributed by atoms with Crippen molar-refractivity contribution in [3.63, 3.8) is 0 Å². The van der Waals surface area contributed by atoms with Gasteiger partial charge in [-0.2, -0.15) is 5.10 Å². The number of carbonyl (C=O) groups excluding carboxylic acids is 1. The van der Waals surface area contributed by atoms with Crippen LogP contribution in [0.2, 0.25) is 0 Å². The molecule has 27 heavy (non-hydrogen) atoms. The minimum absolute atomic E-state index is 0.0212. The Morgan fingerprint density at radius 1 is 1.11 bits per heavy atom. The van der Waals surface area contributed by atoms with Crippen molar-refractivity contribution in [3.8, 4) is 0 Å². The maximum absolute atomic E-state index is 13.1. The third-order valence-corrected chi connectivity index (χ3v) is 5.01. The van der Waals surface area contributed by atoms with Crippen LogP contribution in [0.5, 0.6) is 0 Å². The van der Waals surface area contributed by atoms with Crippen LogP contribution < -0.4 is 0 Å². The largest absolute Gasteiger partial charge is 0.467 e. The van der Waals surface area contributed by atoms with Crippen LogP contribution in [-0.4, -0.2) is 25.6 Å². The van der Waals surface area contributed by atoms with Gasteiger partial charge in [0.05, 0.1) is 25.9 Å². The Bertz CT molecular complexity index is 926. The van der Waals surface area contributed by atoms with E-state index in [1.807, 2.05) is 53.9 Å². The number of rotatable bonds is 7. The average molecular weight is 378 g/mol. The topological polar surface area (TPSA) is 64.2 Å². The Balaban J connectivity index is 1.51. The van der Waals surface area contributed by atoms with E-state index >= 15 is 0 Å². The van der Waals surface area contributed by atoms with Gasteiger partial charge in [-0.3, -0.25) is 4.79 Å². The Kier molecular flexibility index (Phi) is 5.11. The average Bonchev–Trinajstić information content (AvgIpc) is 3.45. The highest BCUT2D eigenvalue weighted by Crippen LogP contribution is 2.18. The second-order valence-electron chi connectivity index (χ2n) is 6.11. The molecule has 0 atom stereocenters. The molecule has 0 unspecified atom stereocenters. The van der Waals surface area contributed by atoms with Crippen LogP contribution in [-0.2, 0) is 19.6 Å². The van der Waals surface area contributed by atoms with Crippen LogP contribution in [0.15, 0.2) is 77.2 Å². The zero-order chi connectivity index (χ0) is 18.5. The molecule has 3 heterocycles. The number of hydrogen-bond acceptors (Lipinski definition) is 5. The highest BCUT2D eigenvalue weighted by atomic mass is 32.1. The number of furan rings is 1. The highest BCUT2D eigenvalue weighted by Gasteiger charge is 2.18. The van der Waals surface area contributed by atoms with Gasteiger partial charge in [-0.15, -0.1) is 11.3 Å². The van der Waals surface area contributed by atoms with E-state index in [2.05, 4.69) is 10.1 Å². The molecule has 0 spiro atoms. The Morgan fingerprint density at radius 3 is 2.67 bits per heavy atom. The van der Waals surface area contributed by atoms with Gasteiger partial charge < -0.3 is 9.32 Å².